The molecular formula is C22H16N4O3. The van der Waals surface area contributed by atoms with Crippen LogP contribution in [0.25, 0.3) is 22.2 Å². The van der Waals surface area contributed by atoms with E-state index in [9.17, 15) is 9.59 Å². The van der Waals surface area contributed by atoms with E-state index >= 15 is 0 Å². The van der Waals surface area contributed by atoms with Gasteiger partial charge in [0.05, 0.1) is 12.2 Å². The Bertz CT molecular complexity index is 1230. The van der Waals surface area contributed by atoms with Crippen LogP contribution in [0.4, 0.5) is 5.69 Å². The lowest BCUT2D eigenvalue weighted by Crippen LogP contribution is -2.38. The Morgan fingerprint density at radius 3 is 2.62 bits per heavy atom. The van der Waals surface area contributed by atoms with Gasteiger partial charge in [0, 0.05) is 16.5 Å². The molecule has 0 radical (unpaired) electrons. The monoisotopic (exact) mass is 384 g/mol. The molecule has 1 aliphatic heterocycles. The number of amides is 2. The number of carbonyl (C=O) groups is 2. The first-order valence-corrected chi connectivity index (χ1v) is 9.19. The molecule has 7 nitrogen and oxygen atoms in total. The van der Waals surface area contributed by atoms with Crippen molar-refractivity contribution in [1.82, 2.24) is 15.5 Å². The van der Waals surface area contributed by atoms with Gasteiger partial charge in [-0.3, -0.25) is 14.5 Å². The number of aromatic nitrogens is 2. The number of rotatable bonds is 5. The molecule has 0 saturated heterocycles. The summed E-state index contributed by atoms with van der Waals surface area (Å²) in [5.74, 6) is 0.292. The molecule has 0 bridgehead atoms. The fourth-order valence-corrected chi connectivity index (χ4v) is 3.54. The molecular weight excluding hydrogens is 368 g/mol. The van der Waals surface area contributed by atoms with Crippen molar-refractivity contribution in [3.8, 4) is 11.4 Å². The standard InChI is InChI=1S/C22H16N4O3/c27-18(23-12-19-24-21(25-29-19)15-6-2-1-3-7-15)13-26-17-11-5-9-14-8-4-10-16(20(14)17)22(26)28/h1-11H,12-13H2,(H,23,27). The van der Waals surface area contributed by atoms with Gasteiger partial charge >= 0.3 is 0 Å². The molecule has 1 aromatic heterocycles. The summed E-state index contributed by atoms with van der Waals surface area (Å²) in [6.07, 6.45) is 0. The first-order chi connectivity index (χ1) is 14.2. The number of nitrogens with zero attached hydrogens (tertiary/aromatic N) is 3. The van der Waals surface area contributed by atoms with Crippen molar-refractivity contribution < 1.29 is 14.1 Å². The fourth-order valence-electron chi connectivity index (χ4n) is 3.54. The van der Waals surface area contributed by atoms with Crippen LogP contribution in [0.1, 0.15) is 16.2 Å². The van der Waals surface area contributed by atoms with Crippen LogP contribution in [0.5, 0.6) is 0 Å². The van der Waals surface area contributed by atoms with Gasteiger partial charge in [-0.2, -0.15) is 4.98 Å². The zero-order valence-corrected chi connectivity index (χ0v) is 15.3. The molecule has 0 aliphatic carbocycles. The Balaban J connectivity index is 1.27. The molecule has 5 rings (SSSR count). The van der Waals surface area contributed by atoms with Crippen LogP contribution >= 0.6 is 0 Å². The predicted octanol–water partition coefficient (Wildman–Crippen LogP) is 3.17. The van der Waals surface area contributed by atoms with Gasteiger partial charge in [-0.05, 0) is 17.5 Å². The highest BCUT2D eigenvalue weighted by Gasteiger charge is 2.30. The molecule has 0 spiro atoms. The van der Waals surface area contributed by atoms with Crippen LogP contribution < -0.4 is 10.2 Å². The SMILES string of the molecule is O=C(CN1C(=O)c2cccc3cccc1c23)NCc1nc(-c2ccccc2)no1. The van der Waals surface area contributed by atoms with E-state index in [1.54, 1.807) is 6.07 Å². The lowest BCUT2D eigenvalue weighted by molar-refractivity contribution is -0.120. The maximum Gasteiger partial charge on any atom is 0.259 e. The average Bonchev–Trinajstić information content (AvgIpc) is 3.34. The van der Waals surface area contributed by atoms with Crippen LogP contribution in [0.3, 0.4) is 0 Å². The third-order valence-electron chi connectivity index (χ3n) is 4.89. The van der Waals surface area contributed by atoms with Crippen LogP contribution in [-0.2, 0) is 11.3 Å². The molecule has 4 aromatic rings. The van der Waals surface area contributed by atoms with E-state index in [-0.39, 0.29) is 24.9 Å². The molecule has 29 heavy (non-hydrogen) atoms. The van der Waals surface area contributed by atoms with Crippen molar-refractivity contribution in [3.63, 3.8) is 0 Å². The van der Waals surface area contributed by atoms with E-state index in [4.69, 9.17) is 4.52 Å². The van der Waals surface area contributed by atoms with Crippen molar-refractivity contribution in [3.05, 3.63) is 78.2 Å². The zero-order valence-electron chi connectivity index (χ0n) is 15.3. The molecule has 2 amide bonds. The lowest BCUT2D eigenvalue weighted by atomic mass is 10.1. The minimum atomic E-state index is -0.303. The summed E-state index contributed by atoms with van der Waals surface area (Å²) in [6.45, 7) is 0.0180. The van der Waals surface area contributed by atoms with E-state index in [0.717, 1.165) is 22.0 Å². The summed E-state index contributed by atoms with van der Waals surface area (Å²) in [4.78, 5) is 31.0. The minimum Gasteiger partial charge on any atom is -0.345 e. The molecule has 3 aromatic carbocycles. The van der Waals surface area contributed by atoms with E-state index in [1.165, 1.54) is 4.90 Å². The van der Waals surface area contributed by atoms with Gasteiger partial charge < -0.3 is 9.84 Å². The maximum atomic E-state index is 12.8. The number of anilines is 1. The third kappa shape index (κ3) is 3.02. The van der Waals surface area contributed by atoms with E-state index in [0.29, 0.717) is 17.3 Å². The minimum absolute atomic E-state index is 0.0771. The van der Waals surface area contributed by atoms with Gasteiger partial charge in [0.2, 0.25) is 17.6 Å². The van der Waals surface area contributed by atoms with E-state index in [2.05, 4.69) is 15.5 Å². The second kappa shape index (κ2) is 6.87. The zero-order chi connectivity index (χ0) is 19.8. The maximum absolute atomic E-state index is 12.8. The Labute approximate surface area is 165 Å². The number of carbonyl (C=O) groups excluding carboxylic acids is 2. The van der Waals surface area contributed by atoms with Crippen LogP contribution in [0.15, 0.2) is 71.3 Å². The normalized spacial score (nSPS) is 12.6. The van der Waals surface area contributed by atoms with Crippen LogP contribution in [-0.4, -0.2) is 28.5 Å². The van der Waals surface area contributed by atoms with Crippen molar-refractivity contribution in [2.24, 2.45) is 0 Å². The van der Waals surface area contributed by atoms with Gasteiger partial charge in [0.1, 0.15) is 6.54 Å². The number of nitrogens with one attached hydrogen (secondary N) is 1. The molecule has 0 fully saturated rings. The highest BCUT2D eigenvalue weighted by Crippen LogP contribution is 2.36. The molecule has 1 aliphatic rings. The molecule has 2 heterocycles. The summed E-state index contributed by atoms with van der Waals surface area (Å²) < 4.78 is 5.20. The van der Waals surface area contributed by atoms with Crippen molar-refractivity contribution in [1.29, 1.82) is 0 Å². The number of benzene rings is 3. The quantitative estimate of drug-likeness (QED) is 0.571. The Morgan fingerprint density at radius 1 is 1.00 bits per heavy atom. The van der Waals surface area contributed by atoms with E-state index in [1.807, 2.05) is 60.7 Å². The Hall–Kier alpha value is -4.00. The molecule has 0 atom stereocenters. The van der Waals surface area contributed by atoms with Gasteiger partial charge in [0.15, 0.2) is 0 Å². The highest BCUT2D eigenvalue weighted by molar-refractivity contribution is 6.26. The molecule has 0 unspecified atom stereocenters. The molecule has 1 N–H and O–H groups in total. The number of hydrogen-bond donors (Lipinski definition) is 1. The summed E-state index contributed by atoms with van der Waals surface area (Å²) in [5, 5.41) is 8.54. The summed E-state index contributed by atoms with van der Waals surface area (Å²) >= 11 is 0. The lowest BCUT2D eigenvalue weighted by Gasteiger charge is -2.16. The van der Waals surface area contributed by atoms with Crippen LogP contribution in [0.2, 0.25) is 0 Å². The van der Waals surface area contributed by atoms with Gasteiger partial charge in [-0.25, -0.2) is 0 Å². The fraction of sp³-hybridized carbons (Fsp3) is 0.0909. The summed E-state index contributed by atoms with van der Waals surface area (Å²) in [7, 11) is 0. The third-order valence-corrected chi connectivity index (χ3v) is 4.89. The Morgan fingerprint density at radius 2 is 1.79 bits per heavy atom. The first kappa shape index (κ1) is 17.1. The van der Waals surface area contributed by atoms with Gasteiger partial charge in [-0.1, -0.05) is 59.8 Å². The highest BCUT2D eigenvalue weighted by atomic mass is 16.5. The van der Waals surface area contributed by atoms with Crippen molar-refractivity contribution in [2.45, 2.75) is 6.54 Å². The smallest absolute Gasteiger partial charge is 0.259 e. The molecule has 142 valence electrons. The predicted molar refractivity (Wildman–Crippen MR) is 107 cm³/mol. The first-order valence-electron chi connectivity index (χ1n) is 9.19. The van der Waals surface area contributed by atoms with Crippen molar-refractivity contribution in [2.75, 3.05) is 11.4 Å². The molecule has 0 saturated carbocycles. The van der Waals surface area contributed by atoms with Crippen molar-refractivity contribution >= 4 is 28.3 Å². The van der Waals surface area contributed by atoms with Gasteiger partial charge in [0.25, 0.3) is 5.91 Å². The molecule has 7 heteroatoms. The average molecular weight is 384 g/mol. The number of hydrogen-bond acceptors (Lipinski definition) is 5. The Kier molecular flexibility index (Phi) is 4.05. The second-order valence-electron chi connectivity index (χ2n) is 6.73. The van der Waals surface area contributed by atoms with E-state index < -0.39 is 0 Å². The van der Waals surface area contributed by atoms with Gasteiger partial charge in [-0.15, -0.1) is 0 Å². The second-order valence-corrected chi connectivity index (χ2v) is 6.73. The topological polar surface area (TPSA) is 88.3 Å². The summed E-state index contributed by atoms with van der Waals surface area (Å²) in [5.41, 5.74) is 2.21. The summed E-state index contributed by atoms with van der Waals surface area (Å²) in [6, 6.07) is 20.7. The largest absolute Gasteiger partial charge is 0.345 e. The van der Waals surface area contributed by atoms with Crippen LogP contribution in [0, 0.1) is 0 Å².